The van der Waals surface area contributed by atoms with Crippen molar-refractivity contribution in [1.82, 2.24) is 106 Å². The lowest BCUT2D eigenvalue weighted by Crippen LogP contribution is -2.54. The molecule has 5 aliphatic rings. The van der Waals surface area contributed by atoms with Crippen LogP contribution in [0.15, 0.2) is 231 Å². The number of benzene rings is 3. The number of thiazole rings is 3. The molecule has 0 saturated carbocycles. The van der Waals surface area contributed by atoms with Crippen molar-refractivity contribution in [1.29, 1.82) is 0 Å². The van der Waals surface area contributed by atoms with Crippen LogP contribution in [-0.4, -0.2) is 227 Å². The van der Waals surface area contributed by atoms with E-state index < -0.39 is 0 Å². The maximum Gasteiger partial charge on any atom is 0.258 e. The number of rotatable bonds is 12. The number of aromatic nitrogens is 17. The Bertz CT molecular complexity index is 8720. The van der Waals surface area contributed by atoms with Gasteiger partial charge >= 0.3 is 0 Å². The molecule has 20 aromatic rings. The van der Waals surface area contributed by atoms with E-state index in [1.165, 1.54) is 0 Å². The largest absolute Gasteiger partial charge is 0.489 e. The number of aryl methyl sites for hydroxylation is 5. The molecule has 3 N–H and O–H groups in total. The molecule has 0 spiro atoms. The fourth-order valence-electron chi connectivity index (χ4n) is 19.8. The molecule has 0 aliphatic carbocycles. The molecule has 0 unspecified atom stereocenters. The molecule has 5 saturated heterocycles. The van der Waals surface area contributed by atoms with Gasteiger partial charge in [0.15, 0.2) is 11.3 Å². The van der Waals surface area contributed by atoms with E-state index in [9.17, 15) is 24.0 Å². The van der Waals surface area contributed by atoms with E-state index in [0.717, 1.165) is 231 Å². The summed E-state index contributed by atoms with van der Waals surface area (Å²) in [5, 5.41) is 14.9. The SMILES string of the molecule is Cc1cn2cc(-c3cc(=O)n4cc(N5CCCN(C)CC5)ccc4n3)cc(Cl)c2n1.Cc1cn2cc(-c3cc(=O)n4cc(N5C[C@@H](C)N[C@@H](C)C5)ccc4n3)cc(Cl)c2n1.Cc1nc2c(Cl)cc(-c3cc(=O)n4cc(N5CCNCC5)ccc4n3)cc2s1.Cc1nc2ccc(-c3cc(=O)n4cc(N5CCC(N(C)C)CC5)ccc4n3)cc2s1.Cc1nc2ccc(-c3cc(=O)n4cc(OC5CCNCC5)ccc4n3)cc2s1. The summed E-state index contributed by atoms with van der Waals surface area (Å²) in [4.78, 5) is 124. The van der Waals surface area contributed by atoms with Crippen LogP contribution in [0.25, 0.3) is 126 Å². The lowest BCUT2D eigenvalue weighted by atomic mass is 10.0. The van der Waals surface area contributed by atoms with Crippen molar-refractivity contribution in [2.45, 2.75) is 105 Å². The number of hydrogen-bond acceptors (Lipinski definition) is 28. The molecule has 0 bridgehead atoms. The fraction of sp³-hybridized carbons (Fsp3) is 0.306. The number of pyridine rings is 7. The third-order valence-electron chi connectivity index (χ3n) is 27.1. The lowest BCUT2D eigenvalue weighted by molar-refractivity contribution is 0.162. The molecule has 0 radical (unpaired) electrons. The molecule has 17 aromatic heterocycles. The molecule has 746 valence electrons. The predicted molar refractivity (Wildman–Crippen MR) is 589 cm³/mol. The van der Waals surface area contributed by atoms with Gasteiger partial charge in [-0.3, -0.25) is 46.0 Å². The Hall–Kier alpha value is -13.8. The van der Waals surface area contributed by atoms with Crippen LogP contribution in [0.3, 0.4) is 0 Å². The highest BCUT2D eigenvalue weighted by atomic mass is 35.5. The van der Waals surface area contributed by atoms with Crippen LogP contribution in [-0.2, 0) is 0 Å². The molecule has 5 fully saturated rings. The molecular formula is C108H109Cl3N26O6S3. The second-order valence-corrected chi connectivity index (χ2v) is 43.1. The van der Waals surface area contributed by atoms with Gasteiger partial charge < -0.3 is 58.9 Å². The molecule has 0 amide bonds. The zero-order valence-electron chi connectivity index (χ0n) is 82.5. The number of piperazine rings is 2. The zero-order valence-corrected chi connectivity index (χ0v) is 87.2. The highest BCUT2D eigenvalue weighted by molar-refractivity contribution is 7.19. The van der Waals surface area contributed by atoms with Crippen molar-refractivity contribution in [3.05, 3.63) is 301 Å². The van der Waals surface area contributed by atoms with Gasteiger partial charge in [0, 0.05) is 198 Å². The van der Waals surface area contributed by atoms with Gasteiger partial charge in [0.1, 0.15) is 45.6 Å². The van der Waals surface area contributed by atoms with Crippen molar-refractivity contribution in [2.75, 3.05) is 132 Å². The van der Waals surface area contributed by atoms with E-state index in [4.69, 9.17) is 59.5 Å². The first-order chi connectivity index (χ1) is 70.6. The maximum absolute atomic E-state index is 12.9. The van der Waals surface area contributed by atoms with Gasteiger partial charge in [-0.25, -0.2) is 49.8 Å². The smallest absolute Gasteiger partial charge is 0.258 e. The van der Waals surface area contributed by atoms with Crippen LogP contribution in [0.1, 0.15) is 72.4 Å². The highest BCUT2D eigenvalue weighted by Crippen LogP contribution is 2.37. The van der Waals surface area contributed by atoms with Gasteiger partial charge in [-0.15, -0.1) is 34.0 Å². The summed E-state index contributed by atoms with van der Waals surface area (Å²) in [7, 11) is 6.44. The predicted octanol–water partition coefficient (Wildman–Crippen LogP) is 16.8. The second kappa shape index (κ2) is 42.0. The van der Waals surface area contributed by atoms with Crippen LogP contribution in [0.4, 0.5) is 22.7 Å². The van der Waals surface area contributed by atoms with Crippen LogP contribution in [0.5, 0.6) is 5.75 Å². The molecule has 5 aliphatic heterocycles. The number of nitrogens with zero attached hydrogens (tertiary/aromatic N) is 23. The van der Waals surface area contributed by atoms with Gasteiger partial charge in [0.05, 0.1) is 124 Å². The van der Waals surface area contributed by atoms with Crippen molar-refractivity contribution in [3.63, 3.8) is 0 Å². The van der Waals surface area contributed by atoms with E-state index in [-0.39, 0.29) is 33.9 Å². The van der Waals surface area contributed by atoms with E-state index in [0.29, 0.717) is 107 Å². The Kier molecular flexibility index (Phi) is 28.2. The number of likely N-dealkylation sites (N-methyl/N-ethyl adjacent to an activating group) is 1. The van der Waals surface area contributed by atoms with Crippen molar-refractivity contribution in [2.24, 2.45) is 0 Å². The zero-order chi connectivity index (χ0) is 101. The van der Waals surface area contributed by atoms with Crippen molar-refractivity contribution in [3.8, 4) is 62.0 Å². The summed E-state index contributed by atoms with van der Waals surface area (Å²) >= 11 is 24.1. The quantitative estimate of drug-likeness (QED) is 0.102. The minimum Gasteiger partial charge on any atom is -0.489 e. The van der Waals surface area contributed by atoms with Gasteiger partial charge in [0.25, 0.3) is 27.8 Å². The summed E-state index contributed by atoms with van der Waals surface area (Å²) in [5.74, 6) is 0.706. The topological polar surface area (TPSA) is 310 Å². The normalized spacial score (nSPS) is 16.3. The number of anilines is 4. The second-order valence-electron chi connectivity index (χ2n) is 38.2. The summed E-state index contributed by atoms with van der Waals surface area (Å²) in [6.07, 6.45) is 22.5. The van der Waals surface area contributed by atoms with E-state index in [1.54, 1.807) is 98.6 Å². The van der Waals surface area contributed by atoms with Gasteiger partial charge in [-0.05, 0) is 231 Å². The van der Waals surface area contributed by atoms with Crippen LogP contribution in [0.2, 0.25) is 15.1 Å². The summed E-state index contributed by atoms with van der Waals surface area (Å²) in [6.45, 7) is 27.7. The molecular weight excluding hydrogens is 1960 g/mol. The Morgan fingerprint density at radius 2 is 0.760 bits per heavy atom. The van der Waals surface area contributed by atoms with Crippen molar-refractivity contribution < 1.29 is 4.74 Å². The Balaban J connectivity index is 0.000000107. The number of ether oxygens (including phenoxy) is 1. The van der Waals surface area contributed by atoms with Crippen LogP contribution in [0, 0.1) is 34.6 Å². The average molecular weight is 2070 g/mol. The maximum atomic E-state index is 12.9. The molecule has 3 aromatic carbocycles. The summed E-state index contributed by atoms with van der Waals surface area (Å²) in [6, 6.07) is 48.4. The van der Waals surface area contributed by atoms with Crippen LogP contribution < -0.4 is 68.1 Å². The number of imidazole rings is 2. The van der Waals surface area contributed by atoms with Crippen LogP contribution >= 0.6 is 68.8 Å². The Labute approximate surface area is 866 Å². The Morgan fingerprint density at radius 3 is 1.23 bits per heavy atom. The van der Waals surface area contributed by atoms with Gasteiger partial charge in [0.2, 0.25) is 0 Å². The number of halogens is 3. The standard InChI is InChI=1S/C23H25N5OS.2C22H23ClN6O.C21H20N4O2S.C20H18ClN5OS/c1-15-24-19-6-4-16(12-21(19)30-15)20-13-23(29)28-14-18(5-7-22(28)25-20)27-10-8-17(9-11-27)26(2)3;1-13-8-27(9-14(2)24-13)17-4-5-20-26-19(7-21(30)29(20)12-17)16-6-18(23)22-25-15(3)10-28(22)11-16;1-15-12-28-13-16(10-18(23)22(28)24-15)19-11-21(30)29-14-17(4-5-20(29)25-19)27-7-3-6-26(2)8-9-27;1-13-23-17-4-2-14(10-19(17)28-13)18-11-21(26)25-12-16(3-5-20(25)24-18)27-15-6-8-22-9-7-15;1-12-23-20-15(21)8-13(9-17(20)28-12)16-10-19(27)26-11-14(2-3-18(26)24-16)25-6-4-22-5-7-25/h4-7,12-14,17H,8-11H2,1-3H3;4-7,10-14,24H,8-9H2,1-3H3;4-5,10-14H,3,6-9H2,1-2H3;2-5,10-12,15,22H,6-9H2,1H3;2-3,8-11,22H,4-7H2,1H3/t;13-,14+;;;. The summed E-state index contributed by atoms with van der Waals surface area (Å²) in [5.41, 5.74) is 20.2. The molecule has 22 heterocycles. The van der Waals surface area contributed by atoms with Crippen molar-refractivity contribution >= 4 is 162 Å². The van der Waals surface area contributed by atoms with E-state index >= 15 is 0 Å². The minimum atomic E-state index is -0.119. The molecule has 38 heteroatoms. The third-order valence-corrected chi connectivity index (χ3v) is 30.8. The first kappa shape index (κ1) is 98.2. The average Bonchev–Trinajstić information content (AvgIpc) is 1.50. The van der Waals surface area contributed by atoms with Gasteiger partial charge in [-0.2, -0.15) is 0 Å². The number of nitrogens with one attached hydrogen (secondary N) is 3. The summed E-state index contributed by atoms with van der Waals surface area (Å²) < 4.78 is 21.0. The number of piperidine rings is 2. The third kappa shape index (κ3) is 21.5. The minimum absolute atomic E-state index is 0.0550. The molecule has 2 atom stereocenters. The highest BCUT2D eigenvalue weighted by Gasteiger charge is 2.27. The number of hydrogen-bond donors (Lipinski definition) is 3. The first-order valence-electron chi connectivity index (χ1n) is 49.1. The lowest BCUT2D eigenvalue weighted by Gasteiger charge is -2.37. The fourth-order valence-corrected chi connectivity index (χ4v) is 23.3. The van der Waals surface area contributed by atoms with E-state index in [2.05, 4.69) is 122 Å². The molecule has 32 nitrogen and oxygen atoms in total. The van der Waals surface area contributed by atoms with E-state index in [1.807, 2.05) is 196 Å². The Morgan fingerprint density at radius 1 is 0.363 bits per heavy atom. The molecule has 146 heavy (non-hydrogen) atoms. The van der Waals surface area contributed by atoms with Gasteiger partial charge in [-0.1, -0.05) is 46.9 Å². The monoisotopic (exact) mass is 2070 g/mol. The molecule has 25 rings (SSSR count). The number of fused-ring (bicyclic) bond motifs is 10. The first-order valence-corrected chi connectivity index (χ1v) is 52.6.